The molecule has 1 aromatic heterocycles. The second kappa shape index (κ2) is 16.2. The van der Waals surface area contributed by atoms with Crippen molar-refractivity contribution in [2.75, 3.05) is 6.54 Å². The zero-order chi connectivity index (χ0) is 28.8. The van der Waals surface area contributed by atoms with E-state index in [1.807, 2.05) is 44.2 Å². The van der Waals surface area contributed by atoms with Crippen molar-refractivity contribution in [1.29, 1.82) is 0 Å². The minimum atomic E-state index is -1.15. The molecule has 9 N–H and O–H groups in total. The van der Waals surface area contributed by atoms with Crippen LogP contribution in [0.5, 0.6) is 0 Å². The predicted molar refractivity (Wildman–Crippen MR) is 146 cm³/mol. The summed E-state index contributed by atoms with van der Waals surface area (Å²) in [5.74, 6) is -2.83. The number of nitrogens with zero attached hydrogens (tertiary/aromatic N) is 1. The Morgan fingerprint density at radius 2 is 1.56 bits per heavy atom. The first-order valence-electron chi connectivity index (χ1n) is 13.2. The molecule has 0 aliphatic carbocycles. The van der Waals surface area contributed by atoms with Gasteiger partial charge in [-0.2, -0.15) is 0 Å². The quantitative estimate of drug-likeness (QED) is 0.137. The number of hydrogen-bond acceptors (Lipinski definition) is 7. The summed E-state index contributed by atoms with van der Waals surface area (Å²) in [5, 5.41) is 17.6. The number of nitrogens with two attached hydrogens (primary N) is 2. The summed E-state index contributed by atoms with van der Waals surface area (Å²) in [5.41, 5.74) is 13.2. The number of benzene rings is 1. The molecule has 0 aliphatic rings. The molecule has 0 bridgehead atoms. The van der Waals surface area contributed by atoms with Crippen molar-refractivity contribution < 1.29 is 24.3 Å². The Kier molecular flexibility index (Phi) is 13.1. The van der Waals surface area contributed by atoms with Crippen LogP contribution in [0.4, 0.5) is 0 Å². The number of imidazole rings is 1. The van der Waals surface area contributed by atoms with Gasteiger partial charge in [-0.25, -0.2) is 9.78 Å². The van der Waals surface area contributed by atoms with E-state index < -0.39 is 47.9 Å². The van der Waals surface area contributed by atoms with E-state index in [1.165, 1.54) is 6.33 Å². The summed E-state index contributed by atoms with van der Waals surface area (Å²) in [6, 6.07) is 5.07. The van der Waals surface area contributed by atoms with E-state index in [2.05, 4.69) is 25.9 Å². The Balaban J connectivity index is 2.19. The van der Waals surface area contributed by atoms with Crippen molar-refractivity contribution in [3.63, 3.8) is 0 Å². The lowest BCUT2D eigenvalue weighted by Gasteiger charge is -2.26. The van der Waals surface area contributed by atoms with Gasteiger partial charge in [0.25, 0.3) is 0 Å². The van der Waals surface area contributed by atoms with Crippen LogP contribution < -0.4 is 27.4 Å². The molecule has 2 rings (SSSR count). The fourth-order valence-corrected chi connectivity index (χ4v) is 4.06. The highest BCUT2D eigenvalue weighted by Gasteiger charge is 2.30. The zero-order valence-electron chi connectivity index (χ0n) is 22.6. The number of unbranched alkanes of at least 4 members (excludes halogenated alkanes) is 1. The molecular weight excluding hydrogens is 502 g/mol. The van der Waals surface area contributed by atoms with Crippen molar-refractivity contribution in [2.24, 2.45) is 17.4 Å². The minimum Gasteiger partial charge on any atom is -0.480 e. The van der Waals surface area contributed by atoms with Crippen molar-refractivity contribution in [1.82, 2.24) is 25.9 Å². The molecule has 1 heterocycles. The van der Waals surface area contributed by atoms with Crippen molar-refractivity contribution in [3.05, 3.63) is 54.1 Å². The van der Waals surface area contributed by atoms with Crippen LogP contribution in [-0.4, -0.2) is 69.5 Å². The Labute approximate surface area is 228 Å². The highest BCUT2D eigenvalue weighted by Crippen LogP contribution is 2.09. The third kappa shape index (κ3) is 11.2. The number of carbonyl (C=O) groups is 4. The smallest absolute Gasteiger partial charge is 0.326 e. The molecule has 0 aliphatic heterocycles. The third-order valence-electron chi connectivity index (χ3n) is 6.15. The Morgan fingerprint density at radius 1 is 0.923 bits per heavy atom. The summed E-state index contributed by atoms with van der Waals surface area (Å²) >= 11 is 0. The number of aromatic amines is 1. The average molecular weight is 544 g/mol. The molecule has 0 fully saturated rings. The number of nitrogens with one attached hydrogen (secondary N) is 4. The van der Waals surface area contributed by atoms with Crippen LogP contribution >= 0.6 is 0 Å². The number of aliphatic carboxylic acids is 1. The van der Waals surface area contributed by atoms with E-state index in [1.54, 1.807) is 6.20 Å². The predicted octanol–water partition coefficient (Wildman–Crippen LogP) is 0.236. The fraction of sp³-hybridized carbons (Fsp3) is 0.519. The molecule has 0 saturated carbocycles. The van der Waals surface area contributed by atoms with E-state index in [0.29, 0.717) is 25.1 Å². The number of carboxylic acid groups (broad SMARTS) is 1. The molecule has 39 heavy (non-hydrogen) atoms. The van der Waals surface area contributed by atoms with Crippen LogP contribution in [0.25, 0.3) is 0 Å². The van der Waals surface area contributed by atoms with E-state index >= 15 is 0 Å². The number of hydrogen-bond donors (Lipinski definition) is 7. The zero-order valence-corrected chi connectivity index (χ0v) is 22.6. The molecule has 12 heteroatoms. The lowest BCUT2D eigenvalue weighted by molar-refractivity contribution is -0.142. The van der Waals surface area contributed by atoms with Crippen LogP contribution in [0.3, 0.4) is 0 Å². The molecule has 0 spiro atoms. The number of carbonyl (C=O) groups excluding carboxylic acids is 3. The first-order chi connectivity index (χ1) is 18.6. The van der Waals surface area contributed by atoms with Gasteiger partial charge in [-0.3, -0.25) is 14.4 Å². The van der Waals surface area contributed by atoms with Gasteiger partial charge in [-0.1, -0.05) is 44.2 Å². The molecule has 4 unspecified atom stereocenters. The first kappa shape index (κ1) is 31.4. The van der Waals surface area contributed by atoms with Gasteiger partial charge in [0.1, 0.15) is 18.1 Å². The topological polar surface area (TPSA) is 205 Å². The molecule has 12 nitrogen and oxygen atoms in total. The number of carboxylic acids is 1. The minimum absolute atomic E-state index is 0.0353. The second-order valence-corrected chi connectivity index (χ2v) is 10.0. The van der Waals surface area contributed by atoms with Gasteiger partial charge < -0.3 is 37.5 Å². The summed E-state index contributed by atoms with van der Waals surface area (Å²) in [4.78, 5) is 58.0. The summed E-state index contributed by atoms with van der Waals surface area (Å²) in [6.45, 7) is 4.13. The van der Waals surface area contributed by atoms with Crippen molar-refractivity contribution >= 4 is 23.7 Å². The molecule has 1 aromatic carbocycles. The number of amides is 3. The van der Waals surface area contributed by atoms with E-state index in [0.717, 1.165) is 5.56 Å². The number of rotatable bonds is 17. The Hall–Kier alpha value is -3.77. The van der Waals surface area contributed by atoms with Gasteiger partial charge in [0, 0.05) is 24.7 Å². The SMILES string of the molecule is CC(C)CC(NC(=O)C(CCCCN)NC(=O)C(Cc1ccccc1)NC(=O)C(N)Cc1cnc[nH]1)C(=O)O. The molecule has 4 atom stereocenters. The van der Waals surface area contributed by atoms with Crippen molar-refractivity contribution in [2.45, 2.75) is 76.5 Å². The molecule has 3 amide bonds. The van der Waals surface area contributed by atoms with Crippen LogP contribution in [0.15, 0.2) is 42.9 Å². The fourth-order valence-electron chi connectivity index (χ4n) is 4.06. The van der Waals surface area contributed by atoms with Crippen LogP contribution in [-0.2, 0) is 32.0 Å². The average Bonchev–Trinajstić information content (AvgIpc) is 3.40. The Morgan fingerprint density at radius 3 is 2.15 bits per heavy atom. The third-order valence-corrected chi connectivity index (χ3v) is 6.15. The van der Waals surface area contributed by atoms with Crippen LogP contribution in [0.2, 0.25) is 0 Å². The van der Waals surface area contributed by atoms with Gasteiger partial charge in [-0.05, 0) is 43.7 Å². The molecule has 2 aromatic rings. The van der Waals surface area contributed by atoms with E-state index in [4.69, 9.17) is 11.5 Å². The summed E-state index contributed by atoms with van der Waals surface area (Å²) in [7, 11) is 0. The molecule has 0 saturated heterocycles. The maximum absolute atomic E-state index is 13.5. The summed E-state index contributed by atoms with van der Waals surface area (Å²) in [6.07, 6.45) is 5.08. The lowest BCUT2D eigenvalue weighted by Crippen LogP contribution is -2.57. The van der Waals surface area contributed by atoms with Crippen LogP contribution in [0.1, 0.15) is 50.8 Å². The van der Waals surface area contributed by atoms with E-state index in [9.17, 15) is 24.3 Å². The second-order valence-electron chi connectivity index (χ2n) is 10.0. The summed E-state index contributed by atoms with van der Waals surface area (Å²) < 4.78 is 0. The molecular formula is C27H41N7O5. The highest BCUT2D eigenvalue weighted by atomic mass is 16.4. The largest absolute Gasteiger partial charge is 0.480 e. The molecule has 0 radical (unpaired) electrons. The number of aromatic nitrogens is 2. The Bertz CT molecular complexity index is 1050. The van der Waals surface area contributed by atoms with E-state index in [-0.39, 0.29) is 31.6 Å². The highest BCUT2D eigenvalue weighted by molar-refractivity contribution is 5.94. The van der Waals surface area contributed by atoms with Gasteiger partial charge in [0.05, 0.1) is 12.4 Å². The monoisotopic (exact) mass is 543 g/mol. The normalized spacial score (nSPS) is 14.2. The van der Waals surface area contributed by atoms with Gasteiger partial charge >= 0.3 is 5.97 Å². The maximum Gasteiger partial charge on any atom is 0.326 e. The molecule has 214 valence electrons. The van der Waals surface area contributed by atoms with Gasteiger partial charge in [0.15, 0.2) is 0 Å². The van der Waals surface area contributed by atoms with Gasteiger partial charge in [0.2, 0.25) is 17.7 Å². The van der Waals surface area contributed by atoms with Crippen molar-refractivity contribution in [3.8, 4) is 0 Å². The number of H-pyrrole nitrogens is 1. The van der Waals surface area contributed by atoms with Crippen LogP contribution in [0, 0.1) is 5.92 Å². The standard InChI is InChI=1S/C27H41N7O5/c1-17(2)12-23(27(38)39)34-25(36)21(10-6-7-11-28)32-26(37)22(13-18-8-4-3-5-9-18)33-24(35)20(29)14-19-15-30-16-31-19/h3-5,8-9,15-17,20-23H,6-7,10-14,28-29H2,1-2H3,(H,30,31)(H,32,37)(H,33,35)(H,34,36)(H,38,39). The maximum atomic E-state index is 13.5. The first-order valence-corrected chi connectivity index (χ1v) is 13.2. The van der Waals surface area contributed by atoms with Gasteiger partial charge in [-0.15, -0.1) is 0 Å². The lowest BCUT2D eigenvalue weighted by atomic mass is 10.0.